The quantitative estimate of drug-likeness (QED) is 0.930. The Kier molecular flexibility index (Phi) is 3.81. The fraction of sp³-hybridized carbons (Fsp3) is 0.529. The van der Waals surface area contributed by atoms with Gasteiger partial charge in [-0.2, -0.15) is 0 Å². The predicted octanol–water partition coefficient (Wildman–Crippen LogP) is 2.62. The lowest BCUT2D eigenvalue weighted by Gasteiger charge is -2.23. The number of hydrogen-bond acceptors (Lipinski definition) is 2. The van der Waals surface area contributed by atoms with Crippen molar-refractivity contribution in [2.24, 2.45) is 0 Å². The number of benzene rings is 1. The fourth-order valence-corrected chi connectivity index (χ4v) is 3.66. The van der Waals surface area contributed by atoms with Gasteiger partial charge in [0, 0.05) is 42.1 Å². The molecule has 0 saturated heterocycles. The Bertz CT molecular complexity index is 602. The molecule has 0 bridgehead atoms. The van der Waals surface area contributed by atoms with Crippen LogP contribution in [0.1, 0.15) is 31.0 Å². The van der Waals surface area contributed by atoms with Gasteiger partial charge >= 0.3 is 0 Å². The summed E-state index contributed by atoms with van der Waals surface area (Å²) in [5.41, 5.74) is 4.15. The summed E-state index contributed by atoms with van der Waals surface area (Å²) in [4.78, 5) is 2.45. The first-order chi connectivity index (χ1) is 9.80. The van der Waals surface area contributed by atoms with Gasteiger partial charge in [0.1, 0.15) is 0 Å². The van der Waals surface area contributed by atoms with Crippen LogP contribution in [0.2, 0.25) is 0 Å². The first-order valence-electron chi connectivity index (χ1n) is 7.73. The summed E-state index contributed by atoms with van der Waals surface area (Å²) < 4.78 is 2.41. The molecule has 0 spiro atoms. The van der Waals surface area contributed by atoms with Crippen molar-refractivity contribution < 1.29 is 5.11 Å². The molecular formula is C17H24N2O. The maximum absolute atomic E-state index is 9.88. The maximum Gasteiger partial charge on any atom is 0.0526 e. The molecule has 1 aliphatic heterocycles. The molecule has 0 radical (unpaired) electrons. The smallest absolute Gasteiger partial charge is 0.0526 e. The predicted molar refractivity (Wildman–Crippen MR) is 83.3 cm³/mol. The van der Waals surface area contributed by atoms with E-state index in [1.807, 2.05) is 0 Å². The lowest BCUT2D eigenvalue weighted by molar-refractivity contribution is 0.209. The first kappa shape index (κ1) is 13.7. The van der Waals surface area contributed by atoms with Crippen molar-refractivity contribution >= 4 is 10.9 Å². The zero-order valence-corrected chi connectivity index (χ0v) is 12.5. The average Bonchev–Trinajstić information content (AvgIpc) is 2.69. The standard InChI is InChI=1S/C17H24N2O/c1-3-18-10-9-15-14-7-5-6-8-16(14)19(4-2)17(15)13(11-18)12-20/h5-8,13,20H,3-4,9-12H2,1-2H3. The lowest BCUT2D eigenvalue weighted by Crippen LogP contribution is -2.30. The molecule has 0 fully saturated rings. The highest BCUT2D eigenvalue weighted by Crippen LogP contribution is 2.34. The molecule has 20 heavy (non-hydrogen) atoms. The highest BCUT2D eigenvalue weighted by atomic mass is 16.3. The molecule has 1 aliphatic rings. The Balaban J connectivity index is 2.20. The van der Waals surface area contributed by atoms with Crippen LogP contribution in [0, 0.1) is 0 Å². The first-order valence-corrected chi connectivity index (χ1v) is 7.73. The van der Waals surface area contributed by atoms with Gasteiger partial charge in [0.05, 0.1) is 6.61 Å². The Hall–Kier alpha value is -1.32. The molecule has 0 saturated carbocycles. The normalized spacial score (nSPS) is 20.1. The second kappa shape index (κ2) is 5.58. The number of para-hydroxylation sites is 1. The molecule has 3 rings (SSSR count). The van der Waals surface area contributed by atoms with Crippen LogP contribution in [-0.2, 0) is 13.0 Å². The van der Waals surface area contributed by atoms with Gasteiger partial charge < -0.3 is 14.6 Å². The lowest BCUT2D eigenvalue weighted by atomic mass is 10.0. The number of nitrogens with zero attached hydrogens (tertiary/aromatic N) is 2. The van der Waals surface area contributed by atoms with Crippen LogP contribution in [0.5, 0.6) is 0 Å². The van der Waals surface area contributed by atoms with Crippen molar-refractivity contribution in [3.63, 3.8) is 0 Å². The molecule has 108 valence electrons. The Morgan fingerprint density at radius 1 is 1.20 bits per heavy atom. The second-order valence-electron chi connectivity index (χ2n) is 5.65. The van der Waals surface area contributed by atoms with E-state index in [0.29, 0.717) is 0 Å². The highest BCUT2D eigenvalue weighted by molar-refractivity contribution is 5.86. The zero-order chi connectivity index (χ0) is 14.1. The number of aromatic nitrogens is 1. The number of aryl methyl sites for hydroxylation is 1. The zero-order valence-electron chi connectivity index (χ0n) is 12.5. The summed E-state index contributed by atoms with van der Waals surface area (Å²) >= 11 is 0. The van der Waals surface area contributed by atoms with Crippen molar-refractivity contribution in [3.8, 4) is 0 Å². The van der Waals surface area contributed by atoms with Crippen LogP contribution < -0.4 is 0 Å². The van der Waals surface area contributed by atoms with E-state index in [-0.39, 0.29) is 12.5 Å². The van der Waals surface area contributed by atoms with Gasteiger partial charge in [-0.05, 0) is 31.5 Å². The molecule has 3 nitrogen and oxygen atoms in total. The van der Waals surface area contributed by atoms with E-state index < -0.39 is 0 Å². The highest BCUT2D eigenvalue weighted by Gasteiger charge is 2.27. The molecule has 3 heteroatoms. The van der Waals surface area contributed by atoms with Crippen molar-refractivity contribution in [1.82, 2.24) is 9.47 Å². The third-order valence-corrected chi connectivity index (χ3v) is 4.65. The molecule has 1 aromatic heterocycles. The molecule has 0 amide bonds. The third-order valence-electron chi connectivity index (χ3n) is 4.65. The molecule has 1 aromatic carbocycles. The number of fused-ring (bicyclic) bond motifs is 3. The number of hydrogen-bond donors (Lipinski definition) is 1. The largest absolute Gasteiger partial charge is 0.396 e. The number of rotatable bonds is 3. The average molecular weight is 272 g/mol. The Morgan fingerprint density at radius 3 is 2.70 bits per heavy atom. The van der Waals surface area contributed by atoms with E-state index in [0.717, 1.165) is 32.6 Å². The minimum Gasteiger partial charge on any atom is -0.396 e. The van der Waals surface area contributed by atoms with Crippen molar-refractivity contribution in [2.45, 2.75) is 32.7 Å². The van der Waals surface area contributed by atoms with Crippen LogP contribution >= 0.6 is 0 Å². The van der Waals surface area contributed by atoms with Crippen LogP contribution in [-0.4, -0.2) is 40.8 Å². The minimum absolute atomic E-state index is 0.236. The molecule has 2 heterocycles. The summed E-state index contributed by atoms with van der Waals surface area (Å²) in [6.45, 7) is 8.73. The van der Waals surface area contributed by atoms with Crippen LogP contribution in [0.15, 0.2) is 24.3 Å². The minimum atomic E-state index is 0.236. The maximum atomic E-state index is 9.88. The van der Waals surface area contributed by atoms with Gasteiger partial charge in [-0.3, -0.25) is 0 Å². The van der Waals surface area contributed by atoms with E-state index in [2.05, 4.69) is 47.6 Å². The third kappa shape index (κ3) is 2.05. The van der Waals surface area contributed by atoms with Gasteiger partial charge in [-0.15, -0.1) is 0 Å². The summed E-state index contributed by atoms with van der Waals surface area (Å²) in [5, 5.41) is 11.3. The van der Waals surface area contributed by atoms with Gasteiger partial charge in [0.2, 0.25) is 0 Å². The Morgan fingerprint density at radius 2 is 2.00 bits per heavy atom. The van der Waals surface area contributed by atoms with E-state index in [1.165, 1.54) is 22.2 Å². The molecule has 1 atom stereocenters. The number of likely N-dealkylation sites (N-methyl/N-ethyl adjacent to an activating group) is 1. The summed E-state index contributed by atoms with van der Waals surface area (Å²) in [6, 6.07) is 8.68. The SMILES string of the molecule is CCN1CCc2c(n(CC)c3ccccc23)C(CO)C1. The monoisotopic (exact) mass is 272 g/mol. The summed E-state index contributed by atoms with van der Waals surface area (Å²) in [5.74, 6) is 0.236. The van der Waals surface area contributed by atoms with Gasteiger partial charge in [0.15, 0.2) is 0 Å². The summed E-state index contributed by atoms with van der Waals surface area (Å²) in [7, 11) is 0. The van der Waals surface area contributed by atoms with E-state index in [4.69, 9.17) is 0 Å². The molecule has 2 aromatic rings. The number of aliphatic hydroxyl groups is 1. The van der Waals surface area contributed by atoms with Crippen molar-refractivity contribution in [3.05, 3.63) is 35.5 Å². The molecule has 1 unspecified atom stereocenters. The topological polar surface area (TPSA) is 28.4 Å². The van der Waals surface area contributed by atoms with Gasteiger partial charge in [-0.25, -0.2) is 0 Å². The van der Waals surface area contributed by atoms with E-state index in [1.54, 1.807) is 0 Å². The van der Waals surface area contributed by atoms with E-state index in [9.17, 15) is 5.11 Å². The molecule has 0 aliphatic carbocycles. The molecular weight excluding hydrogens is 248 g/mol. The van der Waals surface area contributed by atoms with Gasteiger partial charge in [0.25, 0.3) is 0 Å². The van der Waals surface area contributed by atoms with Crippen LogP contribution in [0.4, 0.5) is 0 Å². The van der Waals surface area contributed by atoms with E-state index >= 15 is 0 Å². The van der Waals surface area contributed by atoms with Crippen LogP contribution in [0.3, 0.4) is 0 Å². The fourth-order valence-electron chi connectivity index (χ4n) is 3.66. The molecule has 1 N–H and O–H groups in total. The van der Waals surface area contributed by atoms with Crippen molar-refractivity contribution in [2.75, 3.05) is 26.2 Å². The number of aliphatic hydroxyl groups excluding tert-OH is 1. The van der Waals surface area contributed by atoms with Crippen LogP contribution in [0.25, 0.3) is 10.9 Å². The van der Waals surface area contributed by atoms with Crippen molar-refractivity contribution in [1.29, 1.82) is 0 Å². The summed E-state index contributed by atoms with van der Waals surface area (Å²) in [6.07, 6.45) is 1.09. The second-order valence-corrected chi connectivity index (χ2v) is 5.65. The van der Waals surface area contributed by atoms with Gasteiger partial charge in [-0.1, -0.05) is 25.1 Å². The Labute approximate surface area is 120 Å².